The highest BCUT2D eigenvalue weighted by Crippen LogP contribution is 2.41. The Balaban J connectivity index is 1.78. The summed E-state index contributed by atoms with van der Waals surface area (Å²) < 4.78 is 30.1. The third-order valence-corrected chi connectivity index (χ3v) is 5.71. The van der Waals surface area contributed by atoms with Crippen LogP contribution >= 0.6 is 0 Å². The molecular formula is C23H30FNO4. The second-order valence-corrected chi connectivity index (χ2v) is 7.60. The van der Waals surface area contributed by atoms with E-state index in [1.807, 2.05) is 13.0 Å². The zero-order valence-electron chi connectivity index (χ0n) is 17.2. The molecule has 0 N–H and O–H groups in total. The fourth-order valence-corrected chi connectivity index (χ4v) is 4.37. The first-order valence-electron chi connectivity index (χ1n) is 10.4. The number of hydrogen-bond donors (Lipinski definition) is 0. The van der Waals surface area contributed by atoms with Gasteiger partial charge >= 0.3 is 5.97 Å². The molecule has 158 valence electrons. The van der Waals surface area contributed by atoms with Crippen molar-refractivity contribution < 1.29 is 23.4 Å². The molecule has 1 saturated carbocycles. The van der Waals surface area contributed by atoms with Crippen molar-refractivity contribution in [3.63, 3.8) is 0 Å². The van der Waals surface area contributed by atoms with Gasteiger partial charge in [0.25, 0.3) is 0 Å². The maximum Gasteiger partial charge on any atom is 0.308 e. The van der Waals surface area contributed by atoms with Gasteiger partial charge in [-0.3, -0.25) is 9.78 Å². The SMILES string of the molecule is CCOC(=O)CC(OCCOC)C1CCC[C@H](c2ccnc3ccc(F)cc23)C1. The van der Waals surface area contributed by atoms with E-state index >= 15 is 0 Å². The number of halogens is 1. The van der Waals surface area contributed by atoms with Crippen molar-refractivity contribution in [3.05, 3.63) is 41.8 Å². The van der Waals surface area contributed by atoms with Gasteiger partial charge in [0.05, 0.1) is 37.9 Å². The normalized spacial score (nSPS) is 20.5. The number of pyridine rings is 1. The van der Waals surface area contributed by atoms with Gasteiger partial charge in [-0.25, -0.2) is 4.39 Å². The highest BCUT2D eigenvalue weighted by atomic mass is 19.1. The molecule has 1 aromatic carbocycles. The van der Waals surface area contributed by atoms with Crippen LogP contribution in [0.25, 0.3) is 10.9 Å². The number of aromatic nitrogens is 1. The summed E-state index contributed by atoms with van der Waals surface area (Å²) in [6, 6.07) is 6.75. The van der Waals surface area contributed by atoms with Gasteiger partial charge in [0, 0.05) is 18.7 Å². The van der Waals surface area contributed by atoms with Crippen molar-refractivity contribution in [2.75, 3.05) is 26.9 Å². The van der Waals surface area contributed by atoms with Crippen molar-refractivity contribution in [1.82, 2.24) is 4.98 Å². The van der Waals surface area contributed by atoms with Crippen molar-refractivity contribution in [1.29, 1.82) is 0 Å². The first kappa shape index (κ1) is 21.7. The summed E-state index contributed by atoms with van der Waals surface area (Å²) in [4.78, 5) is 16.5. The lowest BCUT2D eigenvalue weighted by atomic mass is 9.74. The number of hydrogen-bond acceptors (Lipinski definition) is 5. The van der Waals surface area contributed by atoms with Crippen molar-refractivity contribution in [2.45, 2.75) is 51.0 Å². The van der Waals surface area contributed by atoms with Gasteiger partial charge in [-0.05, 0) is 67.9 Å². The summed E-state index contributed by atoms with van der Waals surface area (Å²) in [5, 5.41) is 0.875. The van der Waals surface area contributed by atoms with E-state index in [0.29, 0.717) is 19.8 Å². The van der Waals surface area contributed by atoms with E-state index < -0.39 is 0 Å². The highest BCUT2D eigenvalue weighted by Gasteiger charge is 2.32. The highest BCUT2D eigenvalue weighted by molar-refractivity contribution is 5.82. The number of rotatable bonds is 9. The van der Waals surface area contributed by atoms with Crippen LogP contribution in [0.1, 0.15) is 50.5 Å². The Hall–Kier alpha value is -2.05. The zero-order valence-corrected chi connectivity index (χ0v) is 17.2. The first-order valence-corrected chi connectivity index (χ1v) is 10.4. The van der Waals surface area contributed by atoms with Crippen LogP contribution in [0.15, 0.2) is 30.5 Å². The first-order chi connectivity index (χ1) is 14.1. The minimum Gasteiger partial charge on any atom is -0.466 e. The molecule has 1 heterocycles. The Morgan fingerprint density at radius 1 is 1.28 bits per heavy atom. The maximum absolute atomic E-state index is 13.9. The standard InChI is InChI=1S/C23H30FNO4/c1-3-28-23(26)15-22(29-12-11-27-2)17-6-4-5-16(13-17)19-9-10-25-21-8-7-18(24)14-20(19)21/h7-10,14,16-17,22H,3-6,11-13,15H2,1-2H3/t16-,17?,22?/m0/s1. The number of carbonyl (C=O) groups is 1. The third kappa shape index (κ3) is 5.73. The van der Waals surface area contributed by atoms with Gasteiger partial charge in [0.1, 0.15) is 5.82 Å². The molecule has 0 radical (unpaired) electrons. The van der Waals surface area contributed by atoms with Gasteiger partial charge < -0.3 is 14.2 Å². The molecule has 0 spiro atoms. The van der Waals surface area contributed by atoms with Crippen LogP contribution < -0.4 is 0 Å². The number of benzene rings is 1. The second-order valence-electron chi connectivity index (χ2n) is 7.60. The number of nitrogens with zero attached hydrogens (tertiary/aromatic N) is 1. The summed E-state index contributed by atoms with van der Waals surface area (Å²) >= 11 is 0. The Morgan fingerprint density at radius 3 is 2.93 bits per heavy atom. The van der Waals surface area contributed by atoms with E-state index in [0.717, 1.165) is 42.1 Å². The van der Waals surface area contributed by atoms with Crippen LogP contribution in [0.4, 0.5) is 4.39 Å². The zero-order chi connectivity index (χ0) is 20.6. The van der Waals surface area contributed by atoms with E-state index in [1.54, 1.807) is 25.4 Å². The van der Waals surface area contributed by atoms with Crippen molar-refractivity contribution in [2.24, 2.45) is 5.92 Å². The average Bonchev–Trinajstić information content (AvgIpc) is 2.73. The summed E-state index contributed by atoms with van der Waals surface area (Å²) in [5.41, 5.74) is 1.94. The molecule has 0 amide bonds. The summed E-state index contributed by atoms with van der Waals surface area (Å²) in [6.07, 6.45) is 5.83. The lowest BCUT2D eigenvalue weighted by molar-refractivity contribution is -0.148. The number of carbonyl (C=O) groups excluding carboxylic acids is 1. The molecule has 1 aliphatic carbocycles. The predicted molar refractivity (Wildman–Crippen MR) is 109 cm³/mol. The van der Waals surface area contributed by atoms with Crippen LogP contribution in [0.3, 0.4) is 0 Å². The molecule has 2 aromatic rings. The Kier molecular flexibility index (Phi) is 7.95. The lowest BCUT2D eigenvalue weighted by Gasteiger charge is -2.34. The van der Waals surface area contributed by atoms with Gasteiger partial charge in [-0.1, -0.05) is 6.42 Å². The number of esters is 1. The molecule has 5 nitrogen and oxygen atoms in total. The van der Waals surface area contributed by atoms with E-state index in [9.17, 15) is 9.18 Å². The molecule has 0 bridgehead atoms. The van der Waals surface area contributed by atoms with Crippen LogP contribution in [-0.4, -0.2) is 44.0 Å². The number of ether oxygens (including phenoxy) is 3. The van der Waals surface area contributed by atoms with Crippen LogP contribution in [0.5, 0.6) is 0 Å². The molecular weight excluding hydrogens is 373 g/mol. The quantitative estimate of drug-likeness (QED) is 0.451. The minimum atomic E-state index is -0.248. The molecule has 2 unspecified atom stereocenters. The van der Waals surface area contributed by atoms with Crippen molar-refractivity contribution >= 4 is 16.9 Å². The Bertz CT molecular complexity index is 813. The lowest BCUT2D eigenvalue weighted by Crippen LogP contribution is -2.32. The van der Waals surface area contributed by atoms with E-state index in [2.05, 4.69) is 4.98 Å². The fraction of sp³-hybridized carbons (Fsp3) is 0.565. The fourth-order valence-electron chi connectivity index (χ4n) is 4.37. The van der Waals surface area contributed by atoms with E-state index in [4.69, 9.17) is 14.2 Å². The molecule has 1 fully saturated rings. The molecule has 0 aliphatic heterocycles. The molecule has 3 atom stereocenters. The molecule has 3 rings (SSSR count). The summed E-state index contributed by atoms with van der Waals surface area (Å²) in [5.74, 6) is 0.0548. The van der Waals surface area contributed by atoms with Gasteiger partial charge in [-0.15, -0.1) is 0 Å². The average molecular weight is 403 g/mol. The van der Waals surface area contributed by atoms with Crippen molar-refractivity contribution in [3.8, 4) is 0 Å². The third-order valence-electron chi connectivity index (χ3n) is 5.71. The number of methoxy groups -OCH3 is 1. The molecule has 29 heavy (non-hydrogen) atoms. The molecule has 6 heteroatoms. The van der Waals surface area contributed by atoms with E-state index in [-0.39, 0.29) is 36.1 Å². The smallest absolute Gasteiger partial charge is 0.308 e. The predicted octanol–water partition coefficient (Wildman–Crippen LogP) is 4.63. The van der Waals surface area contributed by atoms with Crippen LogP contribution in [0, 0.1) is 11.7 Å². The largest absolute Gasteiger partial charge is 0.466 e. The molecule has 1 aromatic heterocycles. The second kappa shape index (κ2) is 10.6. The minimum absolute atomic E-state index is 0.197. The summed E-state index contributed by atoms with van der Waals surface area (Å²) in [6.45, 7) is 3.11. The van der Waals surface area contributed by atoms with Crippen LogP contribution in [0.2, 0.25) is 0 Å². The summed E-state index contributed by atoms with van der Waals surface area (Å²) in [7, 11) is 1.63. The van der Waals surface area contributed by atoms with Gasteiger partial charge in [0.2, 0.25) is 0 Å². The monoisotopic (exact) mass is 403 g/mol. The maximum atomic E-state index is 13.9. The Labute approximate surface area is 171 Å². The molecule has 0 saturated heterocycles. The number of fused-ring (bicyclic) bond motifs is 1. The van der Waals surface area contributed by atoms with E-state index in [1.165, 1.54) is 6.07 Å². The van der Waals surface area contributed by atoms with Crippen LogP contribution in [-0.2, 0) is 19.0 Å². The van der Waals surface area contributed by atoms with Gasteiger partial charge in [-0.2, -0.15) is 0 Å². The molecule has 1 aliphatic rings. The van der Waals surface area contributed by atoms with Gasteiger partial charge in [0.15, 0.2) is 0 Å². The topological polar surface area (TPSA) is 57.7 Å². The Morgan fingerprint density at radius 2 is 2.14 bits per heavy atom.